The van der Waals surface area contributed by atoms with E-state index in [0.29, 0.717) is 24.1 Å². The fraction of sp³-hybridized carbons (Fsp3) is 0.400. The molecule has 8 nitrogen and oxygen atoms in total. The van der Waals surface area contributed by atoms with Crippen molar-refractivity contribution in [3.05, 3.63) is 34.6 Å². The lowest BCUT2D eigenvalue weighted by Crippen LogP contribution is -2.16. The molecule has 0 radical (unpaired) electrons. The number of benzene rings is 1. The van der Waals surface area contributed by atoms with Crippen molar-refractivity contribution in [2.24, 2.45) is 0 Å². The molecule has 1 aliphatic heterocycles. The average molecular weight is 423 g/mol. The summed E-state index contributed by atoms with van der Waals surface area (Å²) in [5, 5.41) is 20.8. The summed E-state index contributed by atoms with van der Waals surface area (Å²) in [5.41, 5.74) is 0.870. The van der Waals surface area contributed by atoms with Gasteiger partial charge in [-0.05, 0) is 51.3 Å². The maximum absolute atomic E-state index is 5.75. The Morgan fingerprint density at radius 1 is 1.24 bits per heavy atom. The van der Waals surface area contributed by atoms with Crippen molar-refractivity contribution in [2.45, 2.75) is 36.4 Å². The number of tetrazole rings is 1. The van der Waals surface area contributed by atoms with Crippen LogP contribution in [-0.2, 0) is 17.0 Å². The fourth-order valence-corrected chi connectivity index (χ4v) is 3.76. The molecule has 1 aliphatic rings. The second-order valence-electron chi connectivity index (χ2n) is 5.55. The Morgan fingerprint density at radius 2 is 2.16 bits per heavy atom. The standard InChI is InChI=1S/C15H15BrN6O2S/c16-12-6-2-1-5-11(12)14-18-17-13(24-14)9-25-15-19-20-21-22(15)8-10-4-3-7-23-10/h1-2,5-6,10H,3-4,7-9H2. The third-order valence-corrected chi connectivity index (χ3v) is 5.43. The molecule has 0 aliphatic carbocycles. The Bertz CT molecular complexity index is 848. The monoisotopic (exact) mass is 422 g/mol. The number of halogens is 1. The summed E-state index contributed by atoms with van der Waals surface area (Å²) < 4.78 is 14.1. The van der Waals surface area contributed by atoms with E-state index in [2.05, 4.69) is 41.7 Å². The summed E-state index contributed by atoms with van der Waals surface area (Å²) in [7, 11) is 0. The summed E-state index contributed by atoms with van der Waals surface area (Å²) in [4.78, 5) is 0. The van der Waals surface area contributed by atoms with E-state index < -0.39 is 0 Å². The molecule has 4 rings (SSSR count). The average Bonchev–Trinajstić information content (AvgIpc) is 3.36. The Balaban J connectivity index is 1.41. The summed E-state index contributed by atoms with van der Waals surface area (Å²) in [6.07, 6.45) is 2.33. The number of aromatic nitrogens is 6. The van der Waals surface area contributed by atoms with E-state index in [1.54, 1.807) is 4.68 Å². The predicted octanol–water partition coefficient (Wildman–Crippen LogP) is 2.96. The number of hydrogen-bond donors (Lipinski definition) is 0. The van der Waals surface area contributed by atoms with Crippen molar-refractivity contribution >= 4 is 27.7 Å². The van der Waals surface area contributed by atoms with E-state index in [9.17, 15) is 0 Å². The van der Waals surface area contributed by atoms with E-state index >= 15 is 0 Å². The van der Waals surface area contributed by atoms with Crippen LogP contribution in [0.3, 0.4) is 0 Å². The van der Waals surface area contributed by atoms with Crippen LogP contribution in [-0.4, -0.2) is 43.1 Å². The van der Waals surface area contributed by atoms with Crippen LogP contribution in [0.4, 0.5) is 0 Å². The van der Waals surface area contributed by atoms with Gasteiger partial charge in [-0.1, -0.05) is 23.9 Å². The first-order chi connectivity index (χ1) is 12.3. The largest absolute Gasteiger partial charge is 0.420 e. The van der Waals surface area contributed by atoms with Crippen LogP contribution in [0.1, 0.15) is 18.7 Å². The van der Waals surface area contributed by atoms with Gasteiger partial charge in [-0.15, -0.1) is 15.3 Å². The second-order valence-corrected chi connectivity index (χ2v) is 7.34. The molecule has 1 saturated heterocycles. The zero-order valence-corrected chi connectivity index (χ0v) is 15.6. The number of thioether (sulfide) groups is 1. The predicted molar refractivity (Wildman–Crippen MR) is 93.8 cm³/mol. The molecule has 3 heterocycles. The molecular weight excluding hydrogens is 408 g/mol. The third-order valence-electron chi connectivity index (χ3n) is 3.80. The van der Waals surface area contributed by atoms with E-state index in [0.717, 1.165) is 34.6 Å². The topological polar surface area (TPSA) is 91.8 Å². The van der Waals surface area contributed by atoms with Gasteiger partial charge in [0.2, 0.25) is 16.9 Å². The molecule has 3 aromatic rings. The summed E-state index contributed by atoms with van der Waals surface area (Å²) in [5.74, 6) is 1.52. The number of ether oxygens (including phenoxy) is 1. The van der Waals surface area contributed by atoms with Crippen molar-refractivity contribution in [3.8, 4) is 11.5 Å². The van der Waals surface area contributed by atoms with E-state index in [1.807, 2.05) is 24.3 Å². The molecule has 1 aromatic carbocycles. The van der Waals surface area contributed by atoms with Gasteiger partial charge in [0.25, 0.3) is 0 Å². The zero-order valence-electron chi connectivity index (χ0n) is 13.2. The van der Waals surface area contributed by atoms with Crippen LogP contribution in [0.25, 0.3) is 11.5 Å². The Kier molecular flexibility index (Phi) is 5.09. The maximum Gasteiger partial charge on any atom is 0.248 e. The molecule has 1 unspecified atom stereocenters. The second kappa shape index (κ2) is 7.63. The quantitative estimate of drug-likeness (QED) is 0.559. The Labute approximate surface area is 156 Å². The summed E-state index contributed by atoms with van der Waals surface area (Å²) in [6, 6.07) is 7.73. The molecule has 0 N–H and O–H groups in total. The summed E-state index contributed by atoms with van der Waals surface area (Å²) in [6.45, 7) is 1.48. The lowest BCUT2D eigenvalue weighted by atomic mass is 10.2. The molecule has 10 heteroatoms. The van der Waals surface area contributed by atoms with Gasteiger partial charge in [-0.25, -0.2) is 4.68 Å². The van der Waals surface area contributed by atoms with Gasteiger partial charge >= 0.3 is 0 Å². The highest BCUT2D eigenvalue weighted by atomic mass is 79.9. The van der Waals surface area contributed by atoms with Crippen molar-refractivity contribution in [3.63, 3.8) is 0 Å². The first kappa shape index (κ1) is 16.7. The molecule has 0 spiro atoms. The molecule has 0 amide bonds. The van der Waals surface area contributed by atoms with Gasteiger partial charge in [-0.3, -0.25) is 0 Å². The molecule has 25 heavy (non-hydrogen) atoms. The van der Waals surface area contributed by atoms with Gasteiger partial charge in [0, 0.05) is 11.1 Å². The number of nitrogens with zero attached hydrogens (tertiary/aromatic N) is 6. The van der Waals surface area contributed by atoms with Gasteiger partial charge in [0.15, 0.2) is 0 Å². The van der Waals surface area contributed by atoms with Crippen LogP contribution in [0.2, 0.25) is 0 Å². The molecule has 2 aromatic heterocycles. The maximum atomic E-state index is 5.75. The van der Waals surface area contributed by atoms with Crippen LogP contribution >= 0.6 is 27.7 Å². The Hall–Kier alpha value is -1.78. The van der Waals surface area contributed by atoms with Crippen LogP contribution in [0.5, 0.6) is 0 Å². The minimum absolute atomic E-state index is 0.188. The van der Waals surface area contributed by atoms with Crippen molar-refractivity contribution in [1.29, 1.82) is 0 Å². The van der Waals surface area contributed by atoms with Gasteiger partial charge in [-0.2, -0.15) is 0 Å². The van der Waals surface area contributed by atoms with E-state index in [-0.39, 0.29) is 6.10 Å². The van der Waals surface area contributed by atoms with E-state index in [4.69, 9.17) is 9.15 Å². The molecular formula is C15H15BrN6O2S. The molecule has 1 fully saturated rings. The highest BCUT2D eigenvalue weighted by Crippen LogP contribution is 2.28. The highest BCUT2D eigenvalue weighted by molar-refractivity contribution is 9.10. The van der Waals surface area contributed by atoms with Crippen molar-refractivity contribution in [1.82, 2.24) is 30.4 Å². The van der Waals surface area contributed by atoms with Crippen LogP contribution in [0, 0.1) is 0 Å². The van der Waals surface area contributed by atoms with E-state index in [1.165, 1.54) is 11.8 Å². The Morgan fingerprint density at radius 3 is 3.00 bits per heavy atom. The third kappa shape index (κ3) is 3.91. The number of rotatable bonds is 6. The number of hydrogen-bond acceptors (Lipinski definition) is 8. The van der Waals surface area contributed by atoms with Crippen molar-refractivity contribution < 1.29 is 9.15 Å². The smallest absolute Gasteiger partial charge is 0.248 e. The first-order valence-corrected chi connectivity index (χ1v) is 9.65. The molecule has 0 bridgehead atoms. The normalized spacial score (nSPS) is 17.2. The van der Waals surface area contributed by atoms with Crippen LogP contribution in [0.15, 0.2) is 38.3 Å². The van der Waals surface area contributed by atoms with Crippen LogP contribution < -0.4 is 0 Å². The first-order valence-electron chi connectivity index (χ1n) is 7.87. The molecule has 130 valence electrons. The fourth-order valence-electron chi connectivity index (χ4n) is 2.58. The lowest BCUT2D eigenvalue weighted by molar-refractivity contribution is 0.0912. The van der Waals surface area contributed by atoms with Crippen molar-refractivity contribution in [2.75, 3.05) is 6.61 Å². The summed E-state index contributed by atoms with van der Waals surface area (Å²) >= 11 is 4.96. The van der Waals surface area contributed by atoms with Gasteiger partial charge < -0.3 is 9.15 Å². The minimum Gasteiger partial charge on any atom is -0.420 e. The van der Waals surface area contributed by atoms with Gasteiger partial charge in [0.1, 0.15) is 0 Å². The highest BCUT2D eigenvalue weighted by Gasteiger charge is 2.19. The lowest BCUT2D eigenvalue weighted by Gasteiger charge is -2.09. The molecule has 0 saturated carbocycles. The van der Waals surface area contributed by atoms with Gasteiger partial charge in [0.05, 0.1) is 24.0 Å². The zero-order chi connectivity index (χ0) is 17.1. The SMILES string of the molecule is Brc1ccccc1-c1nnc(CSc2nnnn2CC2CCCO2)o1. The molecule has 1 atom stereocenters. The minimum atomic E-state index is 0.188.